The third-order valence-electron chi connectivity index (χ3n) is 6.16. The van der Waals surface area contributed by atoms with Gasteiger partial charge in [0.1, 0.15) is 16.5 Å². The number of morpholine rings is 1. The third kappa shape index (κ3) is 5.05. The van der Waals surface area contributed by atoms with Gasteiger partial charge in [-0.2, -0.15) is 0 Å². The molecule has 5 rings (SSSR count). The molecule has 0 unspecified atom stereocenters. The minimum Gasteiger partial charge on any atom is -0.501 e. The van der Waals surface area contributed by atoms with Gasteiger partial charge >= 0.3 is 5.56 Å². The van der Waals surface area contributed by atoms with E-state index in [2.05, 4.69) is 22.1 Å². The number of fused-ring (bicyclic) bond motifs is 1. The van der Waals surface area contributed by atoms with Crippen LogP contribution in [0.3, 0.4) is 0 Å². The van der Waals surface area contributed by atoms with E-state index in [9.17, 15) is 14.3 Å². The molecule has 0 aliphatic carbocycles. The summed E-state index contributed by atoms with van der Waals surface area (Å²) in [5, 5.41) is 14.7. The van der Waals surface area contributed by atoms with E-state index in [1.165, 1.54) is 27.9 Å². The predicted molar refractivity (Wildman–Crippen MR) is 140 cm³/mol. The smallest absolute Gasteiger partial charge is 0.300 e. The molecule has 0 bridgehead atoms. The van der Waals surface area contributed by atoms with Crippen LogP contribution in [0.15, 0.2) is 47.5 Å². The summed E-state index contributed by atoms with van der Waals surface area (Å²) in [4.78, 5) is 25.5. The average Bonchev–Trinajstić information content (AvgIpc) is 3.36. The Balaban J connectivity index is 1.54. The van der Waals surface area contributed by atoms with Crippen LogP contribution in [-0.2, 0) is 11.2 Å². The lowest BCUT2D eigenvalue weighted by Crippen LogP contribution is -2.36. The molecule has 0 radical (unpaired) electrons. The normalized spacial score (nSPS) is 13.9. The maximum Gasteiger partial charge on any atom is 0.300 e. The Morgan fingerprint density at radius 2 is 2.00 bits per heavy atom. The summed E-state index contributed by atoms with van der Waals surface area (Å²) in [6, 6.07) is 8.31. The summed E-state index contributed by atoms with van der Waals surface area (Å²) in [6.45, 7) is 5.55. The second-order valence-corrected chi connectivity index (χ2v) is 9.85. The van der Waals surface area contributed by atoms with Crippen LogP contribution in [0.1, 0.15) is 30.2 Å². The third-order valence-corrected chi connectivity index (χ3v) is 7.16. The van der Waals surface area contributed by atoms with E-state index in [0.717, 1.165) is 54.3 Å². The number of nitrogens with one attached hydrogen (secondary N) is 1. The molecule has 0 saturated carbocycles. The highest BCUT2D eigenvalue weighted by Crippen LogP contribution is 2.32. The first-order valence-electron chi connectivity index (χ1n) is 12.1. The van der Waals surface area contributed by atoms with E-state index in [0.29, 0.717) is 30.3 Å². The number of unbranched alkanes of at least 4 members (excludes halogenated alkanes) is 1. The first-order valence-corrected chi connectivity index (χ1v) is 12.9. The van der Waals surface area contributed by atoms with Crippen LogP contribution in [0, 0.1) is 5.82 Å². The molecular weight excluding hydrogens is 481 g/mol. The topological polar surface area (TPSA) is 92.0 Å². The monoisotopic (exact) mass is 509 g/mol. The second-order valence-electron chi connectivity index (χ2n) is 8.73. The lowest BCUT2D eigenvalue weighted by molar-refractivity contribution is 0.122. The maximum atomic E-state index is 13.3. The minimum absolute atomic E-state index is 0.160. The number of anilines is 2. The van der Waals surface area contributed by atoms with Gasteiger partial charge in [-0.25, -0.2) is 14.4 Å². The van der Waals surface area contributed by atoms with Gasteiger partial charge in [-0.05, 0) is 30.2 Å². The van der Waals surface area contributed by atoms with Crippen molar-refractivity contribution in [2.24, 2.45) is 0 Å². The number of hydrogen-bond donors (Lipinski definition) is 2. The molecule has 188 valence electrons. The molecule has 8 nitrogen and oxygen atoms in total. The van der Waals surface area contributed by atoms with Crippen molar-refractivity contribution in [1.29, 1.82) is 0 Å². The van der Waals surface area contributed by atoms with Crippen molar-refractivity contribution < 1.29 is 14.2 Å². The Kier molecular flexibility index (Phi) is 7.15. The quantitative estimate of drug-likeness (QED) is 0.342. The molecule has 4 aromatic rings. The molecule has 0 atom stereocenters. The van der Waals surface area contributed by atoms with E-state index >= 15 is 0 Å². The molecule has 10 heteroatoms. The van der Waals surface area contributed by atoms with Crippen molar-refractivity contribution >= 4 is 28.4 Å². The highest BCUT2D eigenvalue weighted by Gasteiger charge is 2.21. The van der Waals surface area contributed by atoms with E-state index in [4.69, 9.17) is 9.72 Å². The molecule has 1 aliphatic rings. The van der Waals surface area contributed by atoms with Gasteiger partial charge in [-0.1, -0.05) is 25.5 Å². The van der Waals surface area contributed by atoms with Crippen LogP contribution in [0.2, 0.25) is 0 Å². The highest BCUT2D eigenvalue weighted by molar-refractivity contribution is 7.15. The Morgan fingerprint density at radius 3 is 2.75 bits per heavy atom. The van der Waals surface area contributed by atoms with Crippen molar-refractivity contribution in [2.45, 2.75) is 26.2 Å². The standard InChI is InChI=1S/C26H28FN5O3S/c1-2-3-8-28-21-14-19(31-9-11-35-12-10-31)16-32-24(21)30-22(23(33)26(32)34)25-29-15-20(36-25)13-17-4-6-18(27)7-5-17/h4-7,14-16,28,33H,2-3,8-13H2,1H3. The molecule has 0 spiro atoms. The fraction of sp³-hybridized carbons (Fsp3) is 0.346. The molecule has 1 saturated heterocycles. The van der Waals surface area contributed by atoms with Gasteiger partial charge in [0.25, 0.3) is 0 Å². The first-order chi connectivity index (χ1) is 17.5. The Morgan fingerprint density at radius 1 is 1.22 bits per heavy atom. The van der Waals surface area contributed by atoms with E-state index in [1.807, 2.05) is 6.07 Å². The molecule has 1 fully saturated rings. The Hall–Kier alpha value is -3.50. The van der Waals surface area contributed by atoms with Gasteiger partial charge in [0.05, 0.1) is 24.6 Å². The van der Waals surface area contributed by atoms with Gasteiger partial charge in [0.15, 0.2) is 5.65 Å². The zero-order valence-corrected chi connectivity index (χ0v) is 20.9. The number of hydrogen-bond acceptors (Lipinski definition) is 8. The van der Waals surface area contributed by atoms with E-state index in [1.54, 1.807) is 24.5 Å². The van der Waals surface area contributed by atoms with E-state index in [-0.39, 0.29) is 11.5 Å². The van der Waals surface area contributed by atoms with Crippen molar-refractivity contribution in [3.05, 3.63) is 69.3 Å². The van der Waals surface area contributed by atoms with Gasteiger partial charge in [0.2, 0.25) is 5.75 Å². The molecule has 0 amide bonds. The molecule has 3 aromatic heterocycles. The van der Waals surface area contributed by atoms with Crippen LogP contribution < -0.4 is 15.8 Å². The van der Waals surface area contributed by atoms with Gasteiger partial charge in [-0.3, -0.25) is 9.20 Å². The molecule has 4 heterocycles. The average molecular weight is 510 g/mol. The predicted octanol–water partition coefficient (Wildman–Crippen LogP) is 4.30. The Bertz CT molecular complexity index is 1410. The summed E-state index contributed by atoms with van der Waals surface area (Å²) in [5.74, 6) is -0.719. The van der Waals surface area contributed by atoms with Crippen molar-refractivity contribution in [2.75, 3.05) is 43.1 Å². The van der Waals surface area contributed by atoms with Gasteiger partial charge < -0.3 is 20.1 Å². The lowest BCUT2D eigenvalue weighted by atomic mass is 10.1. The SMILES string of the molecule is CCCCNc1cc(N2CCOCC2)cn2c(=O)c(O)c(-c3ncc(Cc4ccc(F)cc4)s3)nc12. The summed E-state index contributed by atoms with van der Waals surface area (Å²) in [7, 11) is 0. The molecule has 1 aromatic carbocycles. The number of nitrogens with zero attached hydrogens (tertiary/aromatic N) is 4. The summed E-state index contributed by atoms with van der Waals surface area (Å²) in [6.07, 6.45) is 6.00. The summed E-state index contributed by atoms with van der Waals surface area (Å²) < 4.78 is 20.1. The first kappa shape index (κ1) is 24.2. The fourth-order valence-corrected chi connectivity index (χ4v) is 5.13. The van der Waals surface area contributed by atoms with Crippen molar-refractivity contribution in [1.82, 2.24) is 14.4 Å². The number of aromatic nitrogens is 3. The largest absolute Gasteiger partial charge is 0.501 e. The molecule has 2 N–H and O–H groups in total. The minimum atomic E-state index is -0.543. The number of aromatic hydroxyl groups is 1. The highest BCUT2D eigenvalue weighted by atomic mass is 32.1. The van der Waals surface area contributed by atoms with Crippen LogP contribution in [0.4, 0.5) is 15.8 Å². The van der Waals surface area contributed by atoms with Crippen LogP contribution in [-0.4, -0.2) is 52.3 Å². The van der Waals surface area contributed by atoms with Crippen molar-refractivity contribution in [3.63, 3.8) is 0 Å². The summed E-state index contributed by atoms with van der Waals surface area (Å²) >= 11 is 1.35. The van der Waals surface area contributed by atoms with Crippen LogP contribution in [0.25, 0.3) is 16.3 Å². The molecule has 1 aliphatic heterocycles. The number of halogens is 1. The number of ether oxygens (including phenoxy) is 1. The maximum absolute atomic E-state index is 13.3. The molecular formula is C26H28FN5O3S. The van der Waals surface area contributed by atoms with Crippen molar-refractivity contribution in [3.8, 4) is 16.5 Å². The van der Waals surface area contributed by atoms with Crippen LogP contribution >= 0.6 is 11.3 Å². The fourth-order valence-electron chi connectivity index (χ4n) is 4.19. The lowest BCUT2D eigenvalue weighted by Gasteiger charge is -2.29. The number of rotatable bonds is 8. The zero-order chi connectivity index (χ0) is 25.1. The number of benzene rings is 1. The van der Waals surface area contributed by atoms with Gasteiger partial charge in [-0.15, -0.1) is 11.3 Å². The van der Waals surface area contributed by atoms with E-state index < -0.39 is 11.3 Å². The summed E-state index contributed by atoms with van der Waals surface area (Å²) in [5.41, 5.74) is 2.61. The molecule has 36 heavy (non-hydrogen) atoms. The number of thiazole rings is 1. The zero-order valence-electron chi connectivity index (χ0n) is 20.0. The second kappa shape index (κ2) is 10.6. The van der Waals surface area contributed by atoms with Crippen LogP contribution in [0.5, 0.6) is 5.75 Å². The van der Waals surface area contributed by atoms with Gasteiger partial charge in [0, 0.05) is 43.3 Å². The Labute approximate surface area is 212 Å². The number of pyridine rings is 1.